The van der Waals surface area contributed by atoms with Crippen LogP contribution < -0.4 is 10.5 Å². The SMILES string of the molecule is Cc1nc(COc2ccc(F)cc2)sc1C(=O)OCc1nc(N)c2ccccc2n1. The highest BCUT2D eigenvalue weighted by molar-refractivity contribution is 7.13. The van der Waals surface area contributed by atoms with Crippen LogP contribution in [0.4, 0.5) is 10.2 Å². The molecular weight excluding hydrogens is 407 g/mol. The van der Waals surface area contributed by atoms with Crippen LogP contribution in [0.15, 0.2) is 48.5 Å². The Hall–Kier alpha value is -3.59. The van der Waals surface area contributed by atoms with Gasteiger partial charge in [-0.1, -0.05) is 12.1 Å². The van der Waals surface area contributed by atoms with Gasteiger partial charge in [-0.05, 0) is 43.3 Å². The number of anilines is 1. The quantitative estimate of drug-likeness (QED) is 0.466. The minimum Gasteiger partial charge on any atom is -0.486 e. The fraction of sp³-hybridized carbons (Fsp3) is 0.143. The molecule has 0 bridgehead atoms. The third kappa shape index (κ3) is 4.36. The minimum atomic E-state index is -0.520. The number of benzene rings is 2. The number of carbonyl (C=O) groups excluding carboxylic acids is 1. The first-order valence-electron chi connectivity index (χ1n) is 9.02. The van der Waals surface area contributed by atoms with Gasteiger partial charge < -0.3 is 15.2 Å². The Balaban J connectivity index is 1.40. The molecule has 0 aliphatic carbocycles. The second kappa shape index (κ2) is 8.42. The molecule has 0 saturated carbocycles. The maximum Gasteiger partial charge on any atom is 0.350 e. The van der Waals surface area contributed by atoms with Crippen molar-refractivity contribution >= 4 is 34.0 Å². The molecule has 2 N–H and O–H groups in total. The van der Waals surface area contributed by atoms with E-state index in [9.17, 15) is 9.18 Å². The molecule has 9 heteroatoms. The topological polar surface area (TPSA) is 100 Å². The van der Waals surface area contributed by atoms with Gasteiger partial charge in [0.05, 0.1) is 11.2 Å². The number of ether oxygens (including phenoxy) is 2. The maximum absolute atomic E-state index is 13.0. The van der Waals surface area contributed by atoms with E-state index in [1.807, 2.05) is 24.3 Å². The third-order valence-electron chi connectivity index (χ3n) is 4.21. The van der Waals surface area contributed by atoms with E-state index in [4.69, 9.17) is 15.2 Å². The van der Waals surface area contributed by atoms with Crippen molar-refractivity contribution in [3.8, 4) is 5.75 Å². The molecule has 0 aliphatic heterocycles. The van der Waals surface area contributed by atoms with Gasteiger partial charge >= 0.3 is 5.97 Å². The van der Waals surface area contributed by atoms with E-state index in [-0.39, 0.29) is 19.0 Å². The van der Waals surface area contributed by atoms with Gasteiger partial charge in [0.2, 0.25) is 0 Å². The number of nitrogens with zero attached hydrogens (tertiary/aromatic N) is 3. The van der Waals surface area contributed by atoms with Crippen LogP contribution in [0.1, 0.15) is 26.2 Å². The number of esters is 1. The van der Waals surface area contributed by atoms with Crippen LogP contribution >= 0.6 is 11.3 Å². The van der Waals surface area contributed by atoms with Crippen LogP contribution in [0.5, 0.6) is 5.75 Å². The molecule has 7 nitrogen and oxygen atoms in total. The van der Waals surface area contributed by atoms with E-state index in [0.29, 0.717) is 38.5 Å². The predicted octanol–water partition coefficient (Wildman–Crippen LogP) is 4.05. The van der Waals surface area contributed by atoms with Gasteiger partial charge in [0.15, 0.2) is 12.4 Å². The summed E-state index contributed by atoms with van der Waals surface area (Å²) in [6.07, 6.45) is 0. The molecule has 0 fully saturated rings. The lowest BCUT2D eigenvalue weighted by Gasteiger charge is -2.06. The van der Waals surface area contributed by atoms with E-state index in [1.165, 1.54) is 35.6 Å². The van der Waals surface area contributed by atoms with Gasteiger partial charge in [0, 0.05) is 5.39 Å². The van der Waals surface area contributed by atoms with Crippen LogP contribution in [0.25, 0.3) is 10.9 Å². The van der Waals surface area contributed by atoms with Crippen molar-refractivity contribution in [2.75, 3.05) is 5.73 Å². The van der Waals surface area contributed by atoms with E-state index >= 15 is 0 Å². The summed E-state index contributed by atoms with van der Waals surface area (Å²) in [5, 5.41) is 1.35. The summed E-state index contributed by atoms with van der Waals surface area (Å²) >= 11 is 1.18. The van der Waals surface area contributed by atoms with Crippen LogP contribution in [-0.2, 0) is 18.0 Å². The molecule has 0 spiro atoms. The highest BCUT2D eigenvalue weighted by Crippen LogP contribution is 2.22. The van der Waals surface area contributed by atoms with E-state index in [1.54, 1.807) is 6.92 Å². The second-order valence-electron chi connectivity index (χ2n) is 6.38. The number of nitrogens with two attached hydrogens (primary N) is 1. The van der Waals surface area contributed by atoms with E-state index < -0.39 is 5.97 Å². The molecule has 4 aromatic rings. The van der Waals surface area contributed by atoms with Gasteiger partial charge in [-0.15, -0.1) is 11.3 Å². The number of aromatic nitrogens is 3. The van der Waals surface area contributed by atoms with Gasteiger partial charge in [0.1, 0.15) is 33.9 Å². The molecule has 2 aromatic heterocycles. The Bertz CT molecular complexity index is 1210. The maximum atomic E-state index is 13.0. The number of rotatable bonds is 6. The first-order valence-corrected chi connectivity index (χ1v) is 9.84. The number of hydrogen-bond acceptors (Lipinski definition) is 8. The Morgan fingerprint density at radius 3 is 2.63 bits per heavy atom. The first-order chi connectivity index (χ1) is 14.5. The van der Waals surface area contributed by atoms with Crippen LogP contribution in [0.2, 0.25) is 0 Å². The molecule has 4 rings (SSSR count). The monoisotopic (exact) mass is 424 g/mol. The summed E-state index contributed by atoms with van der Waals surface area (Å²) in [5.41, 5.74) is 7.19. The third-order valence-corrected chi connectivity index (χ3v) is 5.32. The Kier molecular flexibility index (Phi) is 5.53. The van der Waals surface area contributed by atoms with Crippen LogP contribution in [0.3, 0.4) is 0 Å². The normalized spacial score (nSPS) is 10.9. The Morgan fingerprint density at radius 2 is 1.83 bits per heavy atom. The molecule has 0 amide bonds. The molecule has 0 atom stereocenters. The standard InChI is InChI=1S/C21H17FN4O3S/c1-12-19(30-18(24-12)11-28-14-8-6-13(22)7-9-14)21(27)29-10-17-25-16-5-3-2-4-15(16)20(23)26-17/h2-9H,10-11H2,1H3,(H2,23,25,26). The summed E-state index contributed by atoms with van der Waals surface area (Å²) in [6, 6.07) is 13.0. The van der Waals surface area contributed by atoms with Crippen molar-refractivity contribution in [2.24, 2.45) is 0 Å². The number of fused-ring (bicyclic) bond motifs is 1. The fourth-order valence-corrected chi connectivity index (χ4v) is 3.66. The molecule has 0 aliphatic rings. The van der Waals surface area contributed by atoms with Gasteiger partial charge in [-0.2, -0.15) is 0 Å². The zero-order chi connectivity index (χ0) is 21.1. The van der Waals surface area contributed by atoms with E-state index in [2.05, 4.69) is 15.0 Å². The molecule has 30 heavy (non-hydrogen) atoms. The summed E-state index contributed by atoms with van der Waals surface area (Å²) in [5.74, 6) is 0.310. The lowest BCUT2D eigenvalue weighted by atomic mass is 10.2. The van der Waals surface area contributed by atoms with E-state index in [0.717, 1.165) is 5.39 Å². The zero-order valence-corrected chi connectivity index (χ0v) is 16.8. The van der Waals surface area contributed by atoms with Crippen LogP contribution in [0, 0.1) is 12.7 Å². The van der Waals surface area contributed by atoms with Crippen molar-refractivity contribution in [3.05, 3.63) is 75.8 Å². The van der Waals surface area contributed by atoms with Crippen molar-refractivity contribution < 1.29 is 18.7 Å². The molecule has 0 saturated heterocycles. The van der Waals surface area contributed by atoms with Gasteiger partial charge in [-0.25, -0.2) is 24.1 Å². The molecular formula is C21H17FN4O3S. The minimum absolute atomic E-state index is 0.105. The molecule has 2 heterocycles. The number of para-hydroxylation sites is 1. The Labute approximate surface area is 175 Å². The lowest BCUT2D eigenvalue weighted by molar-refractivity contribution is 0.0467. The van der Waals surface area contributed by atoms with Crippen molar-refractivity contribution in [1.82, 2.24) is 15.0 Å². The predicted molar refractivity (Wildman–Crippen MR) is 111 cm³/mol. The number of halogens is 1. The largest absolute Gasteiger partial charge is 0.486 e. The highest BCUT2D eigenvalue weighted by Gasteiger charge is 2.18. The van der Waals surface area contributed by atoms with Gasteiger partial charge in [0.25, 0.3) is 0 Å². The van der Waals surface area contributed by atoms with Crippen LogP contribution in [-0.4, -0.2) is 20.9 Å². The van der Waals surface area contributed by atoms with Gasteiger partial charge in [-0.3, -0.25) is 0 Å². The average molecular weight is 424 g/mol. The molecule has 152 valence electrons. The molecule has 0 unspecified atom stereocenters. The van der Waals surface area contributed by atoms with Crippen molar-refractivity contribution in [2.45, 2.75) is 20.1 Å². The smallest absolute Gasteiger partial charge is 0.350 e. The number of aryl methyl sites for hydroxylation is 1. The number of thiazole rings is 1. The second-order valence-corrected chi connectivity index (χ2v) is 7.47. The Morgan fingerprint density at radius 1 is 1.07 bits per heavy atom. The summed E-state index contributed by atoms with van der Waals surface area (Å²) < 4.78 is 23.9. The lowest BCUT2D eigenvalue weighted by Crippen LogP contribution is -2.08. The zero-order valence-electron chi connectivity index (χ0n) is 16.0. The highest BCUT2D eigenvalue weighted by atomic mass is 32.1. The number of carbonyl (C=O) groups is 1. The summed E-state index contributed by atoms with van der Waals surface area (Å²) in [4.78, 5) is 25.8. The molecule has 2 aromatic carbocycles. The first kappa shape index (κ1) is 19.7. The number of hydrogen-bond donors (Lipinski definition) is 1. The summed E-state index contributed by atoms with van der Waals surface area (Å²) in [6.45, 7) is 1.78. The summed E-state index contributed by atoms with van der Waals surface area (Å²) in [7, 11) is 0. The fourth-order valence-electron chi connectivity index (χ4n) is 2.79. The molecule has 0 radical (unpaired) electrons. The van der Waals surface area contributed by atoms with Crippen molar-refractivity contribution in [3.63, 3.8) is 0 Å². The number of nitrogen functional groups attached to an aromatic ring is 1. The average Bonchev–Trinajstić information content (AvgIpc) is 3.12. The van der Waals surface area contributed by atoms with Crippen molar-refractivity contribution in [1.29, 1.82) is 0 Å².